The monoisotopic (exact) mass is 341 g/mol. The number of pyridine rings is 1. The molecular formula is C21H31N3O. The number of carbonyl (C=O) groups excluding carboxylic acids is 1. The molecule has 0 bridgehead atoms. The van der Waals surface area contributed by atoms with Gasteiger partial charge in [-0.25, -0.2) is 0 Å². The van der Waals surface area contributed by atoms with Gasteiger partial charge < -0.3 is 10.6 Å². The van der Waals surface area contributed by atoms with E-state index in [0.29, 0.717) is 11.6 Å². The third kappa shape index (κ3) is 5.87. The van der Waals surface area contributed by atoms with Gasteiger partial charge in [0.15, 0.2) is 0 Å². The largest absolute Gasteiger partial charge is 0.383 e. The summed E-state index contributed by atoms with van der Waals surface area (Å²) in [6, 6.07) is 2.25. The Hall–Kier alpha value is -1.84. The Balaban J connectivity index is 1.49. The number of aromatic nitrogens is 1. The van der Waals surface area contributed by atoms with Crippen molar-refractivity contribution in [1.82, 2.24) is 10.3 Å². The summed E-state index contributed by atoms with van der Waals surface area (Å²) >= 11 is 0. The zero-order valence-electron chi connectivity index (χ0n) is 15.2. The summed E-state index contributed by atoms with van der Waals surface area (Å²) in [4.78, 5) is 16.8. The number of hydrogen-bond acceptors (Lipinski definition) is 3. The number of hydrogen-bond donors (Lipinski definition) is 2. The van der Waals surface area contributed by atoms with Crippen LogP contribution >= 0.6 is 0 Å². The SMILES string of the molecule is O=C(NC1CCCCCC1)c1cncc(NCCC2=CCCCC2)c1. The molecule has 2 aliphatic rings. The Kier molecular flexibility index (Phi) is 6.89. The number of anilines is 1. The van der Waals surface area contributed by atoms with E-state index >= 15 is 0 Å². The highest BCUT2D eigenvalue weighted by Crippen LogP contribution is 2.20. The number of nitrogens with zero attached hydrogens (tertiary/aromatic N) is 1. The standard InChI is InChI=1S/C21H31N3O/c25-21(24-19-10-6-1-2-7-11-19)18-14-20(16-22-15-18)23-13-12-17-8-4-3-5-9-17/h8,14-16,19,23H,1-7,9-13H2,(H,24,25). The van der Waals surface area contributed by atoms with Crippen molar-refractivity contribution < 1.29 is 4.79 Å². The summed E-state index contributed by atoms with van der Waals surface area (Å²) in [5.41, 5.74) is 3.16. The first-order valence-corrected chi connectivity index (χ1v) is 9.99. The summed E-state index contributed by atoms with van der Waals surface area (Å²) in [6.45, 7) is 0.904. The molecule has 4 nitrogen and oxygen atoms in total. The van der Waals surface area contributed by atoms with Gasteiger partial charge in [0.05, 0.1) is 11.3 Å². The summed E-state index contributed by atoms with van der Waals surface area (Å²) in [5, 5.41) is 6.61. The maximum absolute atomic E-state index is 12.5. The lowest BCUT2D eigenvalue weighted by molar-refractivity contribution is 0.0933. The van der Waals surface area contributed by atoms with Crippen LogP contribution in [0.1, 0.15) is 81.0 Å². The van der Waals surface area contributed by atoms with E-state index in [9.17, 15) is 4.79 Å². The van der Waals surface area contributed by atoms with Crippen LogP contribution in [0.5, 0.6) is 0 Å². The summed E-state index contributed by atoms with van der Waals surface area (Å²) in [7, 11) is 0. The molecule has 0 aliphatic heterocycles. The molecule has 1 fully saturated rings. The minimum Gasteiger partial charge on any atom is -0.383 e. The molecule has 0 unspecified atom stereocenters. The third-order valence-corrected chi connectivity index (χ3v) is 5.35. The van der Waals surface area contributed by atoms with E-state index in [1.807, 2.05) is 6.07 Å². The van der Waals surface area contributed by atoms with Crippen molar-refractivity contribution in [2.45, 2.75) is 76.7 Å². The van der Waals surface area contributed by atoms with Gasteiger partial charge in [-0.3, -0.25) is 9.78 Å². The zero-order valence-corrected chi connectivity index (χ0v) is 15.2. The van der Waals surface area contributed by atoms with E-state index in [-0.39, 0.29) is 5.91 Å². The molecule has 1 aromatic rings. The van der Waals surface area contributed by atoms with Crippen LogP contribution in [0.15, 0.2) is 30.1 Å². The molecular weight excluding hydrogens is 310 g/mol. The van der Waals surface area contributed by atoms with Crippen molar-refractivity contribution in [3.8, 4) is 0 Å². The molecule has 136 valence electrons. The van der Waals surface area contributed by atoms with Crippen molar-refractivity contribution in [3.05, 3.63) is 35.7 Å². The molecule has 0 atom stereocenters. The second-order valence-electron chi connectivity index (χ2n) is 7.41. The third-order valence-electron chi connectivity index (χ3n) is 5.35. The predicted molar refractivity (Wildman–Crippen MR) is 103 cm³/mol. The average molecular weight is 341 g/mol. The smallest absolute Gasteiger partial charge is 0.253 e. The molecule has 25 heavy (non-hydrogen) atoms. The van der Waals surface area contributed by atoms with Crippen LogP contribution in [0.25, 0.3) is 0 Å². The normalized spacial score (nSPS) is 19.0. The molecule has 1 aromatic heterocycles. The average Bonchev–Trinajstić information content (AvgIpc) is 2.91. The van der Waals surface area contributed by atoms with Crippen LogP contribution in [-0.2, 0) is 0 Å². The van der Waals surface area contributed by atoms with Gasteiger partial charge in [0.25, 0.3) is 5.91 Å². The number of rotatable bonds is 6. The van der Waals surface area contributed by atoms with Crippen LogP contribution in [0, 0.1) is 0 Å². The minimum atomic E-state index is 0.0121. The van der Waals surface area contributed by atoms with Crippen molar-refractivity contribution in [3.63, 3.8) is 0 Å². The molecule has 4 heteroatoms. The highest BCUT2D eigenvalue weighted by molar-refractivity contribution is 5.94. The fourth-order valence-electron chi connectivity index (χ4n) is 3.85. The molecule has 1 saturated carbocycles. The highest BCUT2D eigenvalue weighted by atomic mass is 16.1. The van der Waals surface area contributed by atoms with E-state index in [4.69, 9.17) is 0 Å². The van der Waals surface area contributed by atoms with Crippen molar-refractivity contribution >= 4 is 11.6 Å². The van der Waals surface area contributed by atoms with Gasteiger partial charge in [0.2, 0.25) is 0 Å². The fraction of sp³-hybridized carbons (Fsp3) is 0.619. The molecule has 1 amide bonds. The lowest BCUT2D eigenvalue weighted by atomic mass is 9.97. The molecule has 1 heterocycles. The molecule has 2 N–H and O–H groups in total. The lowest BCUT2D eigenvalue weighted by Gasteiger charge is -2.16. The van der Waals surface area contributed by atoms with Crippen LogP contribution in [-0.4, -0.2) is 23.5 Å². The zero-order chi connectivity index (χ0) is 17.3. The van der Waals surface area contributed by atoms with E-state index in [1.54, 1.807) is 18.0 Å². The van der Waals surface area contributed by atoms with Gasteiger partial charge in [-0.05, 0) is 51.0 Å². The van der Waals surface area contributed by atoms with Crippen molar-refractivity contribution in [2.75, 3.05) is 11.9 Å². The first-order valence-electron chi connectivity index (χ1n) is 9.99. The first-order chi connectivity index (χ1) is 12.3. The van der Waals surface area contributed by atoms with Gasteiger partial charge in [-0.15, -0.1) is 0 Å². The number of amides is 1. The topological polar surface area (TPSA) is 54.0 Å². The first kappa shape index (κ1) is 18.0. The molecule has 2 aliphatic carbocycles. The van der Waals surface area contributed by atoms with E-state index in [0.717, 1.165) is 31.5 Å². The second-order valence-corrected chi connectivity index (χ2v) is 7.41. The van der Waals surface area contributed by atoms with Crippen LogP contribution in [0.2, 0.25) is 0 Å². The van der Waals surface area contributed by atoms with Gasteiger partial charge in [-0.1, -0.05) is 37.3 Å². The summed E-state index contributed by atoms with van der Waals surface area (Å²) in [5.74, 6) is 0.0121. The van der Waals surface area contributed by atoms with Crippen molar-refractivity contribution in [1.29, 1.82) is 0 Å². The second kappa shape index (κ2) is 9.59. The van der Waals surface area contributed by atoms with Crippen LogP contribution < -0.4 is 10.6 Å². The fourth-order valence-corrected chi connectivity index (χ4v) is 3.85. The predicted octanol–water partition coefficient (Wildman–Crippen LogP) is 4.84. The van der Waals surface area contributed by atoms with Gasteiger partial charge in [0, 0.05) is 25.0 Å². The minimum absolute atomic E-state index is 0.0121. The van der Waals surface area contributed by atoms with E-state index < -0.39 is 0 Å². The highest BCUT2D eigenvalue weighted by Gasteiger charge is 2.16. The summed E-state index contributed by atoms with van der Waals surface area (Å²) < 4.78 is 0. The van der Waals surface area contributed by atoms with Crippen LogP contribution in [0.4, 0.5) is 5.69 Å². The molecule has 3 rings (SSSR count). The number of allylic oxidation sites excluding steroid dienone is 1. The van der Waals surface area contributed by atoms with E-state index in [1.165, 1.54) is 51.4 Å². The van der Waals surface area contributed by atoms with Gasteiger partial charge in [-0.2, -0.15) is 0 Å². The van der Waals surface area contributed by atoms with Gasteiger partial charge in [0.1, 0.15) is 0 Å². The van der Waals surface area contributed by atoms with E-state index in [2.05, 4.69) is 21.7 Å². The Bertz CT molecular complexity index is 589. The Labute approximate surface area is 151 Å². The maximum atomic E-state index is 12.5. The molecule has 0 radical (unpaired) electrons. The number of nitrogens with one attached hydrogen (secondary N) is 2. The summed E-state index contributed by atoms with van der Waals surface area (Å²) in [6.07, 6.45) is 19.3. The van der Waals surface area contributed by atoms with Gasteiger partial charge >= 0.3 is 0 Å². The lowest BCUT2D eigenvalue weighted by Crippen LogP contribution is -2.34. The molecule has 0 spiro atoms. The quantitative estimate of drug-likeness (QED) is 0.575. The molecule has 0 aromatic carbocycles. The van der Waals surface area contributed by atoms with Crippen LogP contribution in [0.3, 0.4) is 0 Å². The Morgan fingerprint density at radius 3 is 2.68 bits per heavy atom. The van der Waals surface area contributed by atoms with Crippen molar-refractivity contribution in [2.24, 2.45) is 0 Å². The number of carbonyl (C=O) groups is 1. The molecule has 0 saturated heterocycles. The maximum Gasteiger partial charge on any atom is 0.253 e. The Morgan fingerprint density at radius 1 is 1.08 bits per heavy atom. The Morgan fingerprint density at radius 2 is 1.92 bits per heavy atom.